The molecule has 0 aromatic heterocycles. The number of hydrogen-bond donors (Lipinski definition) is 0. The smallest absolute Gasteiger partial charge is 0.0603 e. The van der Waals surface area contributed by atoms with E-state index in [0.717, 1.165) is 16.0 Å². The van der Waals surface area contributed by atoms with Gasteiger partial charge in [0.1, 0.15) is 0 Å². The molecule has 0 amide bonds. The fourth-order valence-corrected chi connectivity index (χ4v) is 4.06. The number of hydrogen-bond acceptors (Lipinski definition) is 1. The summed E-state index contributed by atoms with van der Waals surface area (Å²) in [5.41, 5.74) is 1.35. The van der Waals surface area contributed by atoms with Crippen molar-refractivity contribution in [3.05, 3.63) is 64.1 Å². The second-order valence-electron chi connectivity index (χ2n) is 4.15. The first-order valence-corrected chi connectivity index (χ1v) is 8.75. The number of benzene rings is 2. The van der Waals surface area contributed by atoms with E-state index in [1.54, 1.807) is 11.8 Å². The van der Waals surface area contributed by atoms with E-state index in [2.05, 4.69) is 40.2 Å². The number of thioether (sulfide) groups is 1. The van der Waals surface area contributed by atoms with Crippen molar-refractivity contribution < 1.29 is 0 Å². The molecular weight excluding hydrogens is 363 g/mol. The van der Waals surface area contributed by atoms with Gasteiger partial charge in [-0.25, -0.2) is 0 Å². The van der Waals surface area contributed by atoms with Crippen LogP contribution in [0.4, 0.5) is 0 Å². The maximum Gasteiger partial charge on any atom is 0.0603 e. The Morgan fingerprint density at radius 1 is 1.00 bits per heavy atom. The van der Waals surface area contributed by atoms with Crippen molar-refractivity contribution in [2.45, 2.75) is 10.8 Å². The quantitative estimate of drug-likeness (QED) is 0.438. The Labute approximate surface area is 136 Å². The van der Waals surface area contributed by atoms with Gasteiger partial charge in [0.05, 0.1) is 10.0 Å². The van der Waals surface area contributed by atoms with Crippen LogP contribution in [0.25, 0.3) is 0 Å². The summed E-state index contributed by atoms with van der Waals surface area (Å²) < 4.78 is 0. The number of alkyl halides is 1. The Bertz CT molecular complexity index is 531. The van der Waals surface area contributed by atoms with E-state index in [4.69, 9.17) is 23.2 Å². The van der Waals surface area contributed by atoms with E-state index >= 15 is 0 Å². The lowest BCUT2D eigenvalue weighted by Gasteiger charge is -2.14. The first kappa shape index (κ1) is 15.2. The van der Waals surface area contributed by atoms with Crippen LogP contribution in [0.5, 0.6) is 0 Å². The van der Waals surface area contributed by atoms with Crippen molar-refractivity contribution in [1.82, 2.24) is 0 Å². The van der Waals surface area contributed by atoms with E-state index in [9.17, 15) is 0 Å². The molecule has 0 nitrogen and oxygen atoms in total. The molecule has 1 atom stereocenters. The molecule has 2 rings (SSSR count). The highest BCUT2D eigenvalue weighted by molar-refractivity contribution is 9.09. The summed E-state index contributed by atoms with van der Waals surface area (Å²) in [6, 6.07) is 16.3. The van der Waals surface area contributed by atoms with Gasteiger partial charge in [-0.15, -0.1) is 11.8 Å². The molecule has 0 saturated carbocycles. The van der Waals surface area contributed by atoms with E-state index in [0.29, 0.717) is 16.0 Å². The third-order valence-electron chi connectivity index (χ3n) is 2.80. The van der Waals surface area contributed by atoms with Crippen molar-refractivity contribution in [3.8, 4) is 0 Å². The Hall–Kier alpha value is -0.150. The summed E-state index contributed by atoms with van der Waals surface area (Å²) >= 11 is 17.3. The zero-order chi connectivity index (χ0) is 13.7. The van der Waals surface area contributed by atoms with Crippen LogP contribution in [0.15, 0.2) is 53.4 Å². The molecule has 0 bridgehead atoms. The third-order valence-corrected chi connectivity index (χ3v) is 5.48. The fraction of sp³-hybridized carbons (Fsp3) is 0.200. The lowest BCUT2D eigenvalue weighted by molar-refractivity contribution is 0.902. The minimum Gasteiger partial charge on any atom is -0.125 e. The highest BCUT2D eigenvalue weighted by Gasteiger charge is 2.10. The summed E-state index contributed by atoms with van der Waals surface area (Å²) in [6.07, 6.45) is 0. The van der Waals surface area contributed by atoms with Crippen molar-refractivity contribution in [2.75, 3.05) is 11.1 Å². The van der Waals surface area contributed by atoms with Gasteiger partial charge in [0.25, 0.3) is 0 Å². The van der Waals surface area contributed by atoms with E-state index in [1.165, 1.54) is 5.56 Å². The molecule has 1 unspecified atom stereocenters. The first-order valence-electron chi connectivity index (χ1n) is 5.89. The summed E-state index contributed by atoms with van der Waals surface area (Å²) in [5, 5.41) is 2.17. The normalized spacial score (nSPS) is 12.4. The molecule has 0 spiro atoms. The average Bonchev–Trinajstić information content (AvgIpc) is 2.44. The van der Waals surface area contributed by atoms with Gasteiger partial charge < -0.3 is 0 Å². The molecule has 0 heterocycles. The molecule has 0 N–H and O–H groups in total. The predicted octanol–water partition coefficient (Wildman–Crippen LogP) is 6.26. The van der Waals surface area contributed by atoms with E-state index in [1.807, 2.05) is 24.3 Å². The van der Waals surface area contributed by atoms with Gasteiger partial charge in [-0.3, -0.25) is 0 Å². The lowest BCUT2D eigenvalue weighted by atomic mass is 10.0. The van der Waals surface area contributed by atoms with Gasteiger partial charge >= 0.3 is 0 Å². The second kappa shape index (κ2) is 7.58. The van der Waals surface area contributed by atoms with Crippen LogP contribution >= 0.6 is 50.9 Å². The Morgan fingerprint density at radius 3 is 2.37 bits per heavy atom. The number of rotatable bonds is 5. The Morgan fingerprint density at radius 2 is 1.74 bits per heavy atom. The van der Waals surface area contributed by atoms with Crippen LogP contribution in [0.1, 0.15) is 11.5 Å². The largest absolute Gasteiger partial charge is 0.125 e. The summed E-state index contributed by atoms with van der Waals surface area (Å²) in [6.45, 7) is 0. The van der Waals surface area contributed by atoms with Crippen LogP contribution in [0, 0.1) is 0 Å². The average molecular weight is 376 g/mol. The second-order valence-corrected chi connectivity index (χ2v) is 6.70. The molecule has 2 aromatic carbocycles. The highest BCUT2D eigenvalue weighted by atomic mass is 79.9. The van der Waals surface area contributed by atoms with Crippen molar-refractivity contribution >= 4 is 50.9 Å². The van der Waals surface area contributed by atoms with Gasteiger partial charge in [0.15, 0.2) is 0 Å². The summed E-state index contributed by atoms with van der Waals surface area (Å²) in [7, 11) is 0. The fourth-order valence-electron chi connectivity index (χ4n) is 1.72. The van der Waals surface area contributed by atoms with Gasteiger partial charge in [-0.1, -0.05) is 69.5 Å². The molecule has 4 heteroatoms. The van der Waals surface area contributed by atoms with Gasteiger partial charge in [-0.2, -0.15) is 0 Å². The van der Waals surface area contributed by atoms with Gasteiger partial charge in [0, 0.05) is 21.9 Å². The minimum absolute atomic E-state index is 0.487. The molecule has 0 aliphatic heterocycles. The Kier molecular flexibility index (Phi) is 6.08. The van der Waals surface area contributed by atoms with Crippen LogP contribution in [-0.2, 0) is 0 Å². The zero-order valence-electron chi connectivity index (χ0n) is 10.2. The summed E-state index contributed by atoms with van der Waals surface area (Å²) in [5.74, 6) is 1.49. The molecule has 0 aliphatic rings. The standard InChI is InChI=1S/C15H13BrCl2S/c16-9-12(11-4-2-1-3-5-11)10-19-13-6-7-14(17)15(18)8-13/h1-8,12H,9-10H2. The monoisotopic (exact) mass is 374 g/mol. The van der Waals surface area contributed by atoms with Crippen LogP contribution in [0.3, 0.4) is 0 Å². The molecule has 19 heavy (non-hydrogen) atoms. The Balaban J connectivity index is 2.02. The number of halogens is 3. The first-order chi connectivity index (χ1) is 9.20. The zero-order valence-corrected chi connectivity index (χ0v) is 14.1. The van der Waals surface area contributed by atoms with Crippen LogP contribution in [-0.4, -0.2) is 11.1 Å². The minimum atomic E-state index is 0.487. The van der Waals surface area contributed by atoms with E-state index < -0.39 is 0 Å². The molecule has 0 saturated heterocycles. The molecule has 2 aromatic rings. The van der Waals surface area contributed by atoms with Crippen LogP contribution < -0.4 is 0 Å². The molecule has 0 radical (unpaired) electrons. The predicted molar refractivity (Wildman–Crippen MR) is 90.2 cm³/mol. The van der Waals surface area contributed by atoms with Crippen molar-refractivity contribution in [1.29, 1.82) is 0 Å². The van der Waals surface area contributed by atoms with Gasteiger partial charge in [-0.05, 0) is 23.8 Å². The SMILES string of the molecule is Clc1ccc(SCC(CBr)c2ccccc2)cc1Cl. The molecule has 0 aliphatic carbocycles. The highest BCUT2D eigenvalue weighted by Crippen LogP contribution is 2.31. The third kappa shape index (κ3) is 4.42. The topological polar surface area (TPSA) is 0 Å². The van der Waals surface area contributed by atoms with Crippen molar-refractivity contribution in [3.63, 3.8) is 0 Å². The molecule has 0 fully saturated rings. The van der Waals surface area contributed by atoms with E-state index in [-0.39, 0.29) is 0 Å². The van der Waals surface area contributed by atoms with Crippen molar-refractivity contribution in [2.24, 2.45) is 0 Å². The maximum absolute atomic E-state index is 6.03. The molecule has 100 valence electrons. The van der Waals surface area contributed by atoms with Crippen LogP contribution in [0.2, 0.25) is 10.0 Å². The lowest BCUT2D eigenvalue weighted by Crippen LogP contribution is -2.03. The molecular formula is C15H13BrCl2S. The van der Waals surface area contributed by atoms with Gasteiger partial charge in [0.2, 0.25) is 0 Å². The maximum atomic E-state index is 6.03. The summed E-state index contributed by atoms with van der Waals surface area (Å²) in [4.78, 5) is 1.15.